The van der Waals surface area contributed by atoms with Crippen molar-refractivity contribution >= 4 is 17.3 Å². The summed E-state index contributed by atoms with van der Waals surface area (Å²) in [5, 5.41) is 9.66. The van der Waals surface area contributed by atoms with E-state index in [-0.39, 0.29) is 5.69 Å². The number of aromatic nitrogens is 1. The number of halogens is 2. The zero-order chi connectivity index (χ0) is 15.7. The SMILES string of the molecule is O=C(O)c1nc(-c2cccc(F)c2)sc1-c1cccc(F)c1. The first-order valence-electron chi connectivity index (χ1n) is 6.30. The third kappa shape index (κ3) is 2.73. The third-order valence-electron chi connectivity index (χ3n) is 2.99. The highest BCUT2D eigenvalue weighted by Gasteiger charge is 2.20. The molecule has 0 unspecified atom stereocenters. The fraction of sp³-hybridized carbons (Fsp3) is 0. The summed E-state index contributed by atoms with van der Waals surface area (Å²) in [7, 11) is 0. The van der Waals surface area contributed by atoms with E-state index in [1.807, 2.05) is 0 Å². The Kier molecular flexibility index (Phi) is 3.68. The standard InChI is InChI=1S/C16H9F2NO2S/c17-11-5-1-3-9(7-11)14-13(16(20)21)19-15(22-14)10-4-2-6-12(18)8-10/h1-8H,(H,20,21). The number of hydrogen-bond donors (Lipinski definition) is 1. The number of hydrogen-bond acceptors (Lipinski definition) is 3. The third-order valence-corrected chi connectivity index (χ3v) is 4.14. The van der Waals surface area contributed by atoms with Crippen LogP contribution in [0.4, 0.5) is 8.78 Å². The molecule has 1 N–H and O–H groups in total. The average Bonchev–Trinajstić information content (AvgIpc) is 2.92. The van der Waals surface area contributed by atoms with E-state index in [9.17, 15) is 18.7 Å². The molecule has 3 rings (SSSR count). The smallest absolute Gasteiger partial charge is 0.356 e. The molecule has 3 aromatic rings. The Hall–Kier alpha value is -2.60. The van der Waals surface area contributed by atoms with Crippen LogP contribution in [0.25, 0.3) is 21.0 Å². The second kappa shape index (κ2) is 5.65. The first kappa shape index (κ1) is 14.3. The molecule has 2 aromatic carbocycles. The summed E-state index contributed by atoms with van der Waals surface area (Å²) in [5.74, 6) is -2.11. The van der Waals surface area contributed by atoms with Gasteiger partial charge in [-0.1, -0.05) is 24.3 Å². The summed E-state index contributed by atoms with van der Waals surface area (Å²) in [4.78, 5) is 15.8. The molecule has 22 heavy (non-hydrogen) atoms. The Morgan fingerprint density at radius 1 is 1.00 bits per heavy atom. The summed E-state index contributed by atoms with van der Waals surface area (Å²) in [6, 6.07) is 11.4. The molecule has 1 aromatic heterocycles. The van der Waals surface area contributed by atoms with E-state index in [0.717, 1.165) is 11.3 Å². The first-order chi connectivity index (χ1) is 10.5. The number of nitrogens with zero attached hydrogens (tertiary/aromatic N) is 1. The minimum atomic E-state index is -1.21. The zero-order valence-corrected chi connectivity index (χ0v) is 11.9. The lowest BCUT2D eigenvalue weighted by Crippen LogP contribution is -1.98. The maximum atomic E-state index is 13.4. The van der Waals surface area contributed by atoms with Gasteiger partial charge in [0.2, 0.25) is 0 Å². The van der Waals surface area contributed by atoms with Crippen molar-refractivity contribution < 1.29 is 18.7 Å². The number of thiazole rings is 1. The van der Waals surface area contributed by atoms with Gasteiger partial charge in [-0.05, 0) is 29.8 Å². The van der Waals surface area contributed by atoms with Gasteiger partial charge in [0.25, 0.3) is 0 Å². The first-order valence-corrected chi connectivity index (χ1v) is 7.12. The van der Waals surface area contributed by atoms with Crippen molar-refractivity contribution in [1.82, 2.24) is 4.98 Å². The number of carboxylic acid groups (broad SMARTS) is 1. The summed E-state index contributed by atoms with van der Waals surface area (Å²) in [6.45, 7) is 0. The molecule has 0 bridgehead atoms. The van der Waals surface area contributed by atoms with Gasteiger partial charge in [0.05, 0.1) is 4.88 Å². The zero-order valence-electron chi connectivity index (χ0n) is 11.1. The van der Waals surface area contributed by atoms with E-state index >= 15 is 0 Å². The molecule has 0 amide bonds. The van der Waals surface area contributed by atoms with E-state index in [0.29, 0.717) is 21.0 Å². The molecule has 0 aliphatic carbocycles. The molecular formula is C16H9F2NO2S. The van der Waals surface area contributed by atoms with Crippen LogP contribution < -0.4 is 0 Å². The van der Waals surface area contributed by atoms with Crippen LogP contribution in [0.2, 0.25) is 0 Å². The van der Waals surface area contributed by atoms with Crippen molar-refractivity contribution in [3.8, 4) is 21.0 Å². The van der Waals surface area contributed by atoms with E-state index in [1.54, 1.807) is 12.1 Å². The molecule has 0 saturated carbocycles. The monoisotopic (exact) mass is 317 g/mol. The predicted octanol–water partition coefficient (Wildman–Crippen LogP) is 4.45. The molecule has 0 aliphatic rings. The fourth-order valence-electron chi connectivity index (χ4n) is 2.04. The molecule has 0 aliphatic heterocycles. The van der Waals surface area contributed by atoms with Crippen molar-refractivity contribution in [2.75, 3.05) is 0 Å². The van der Waals surface area contributed by atoms with Crippen LogP contribution in [0.1, 0.15) is 10.5 Å². The van der Waals surface area contributed by atoms with Crippen LogP contribution in [0.3, 0.4) is 0 Å². The second-order valence-corrected chi connectivity index (χ2v) is 5.52. The lowest BCUT2D eigenvalue weighted by atomic mass is 10.1. The molecule has 110 valence electrons. The van der Waals surface area contributed by atoms with Crippen molar-refractivity contribution in [3.63, 3.8) is 0 Å². The van der Waals surface area contributed by atoms with E-state index in [2.05, 4.69) is 4.98 Å². The van der Waals surface area contributed by atoms with Crippen molar-refractivity contribution in [3.05, 3.63) is 65.9 Å². The van der Waals surface area contributed by atoms with Gasteiger partial charge in [-0.25, -0.2) is 18.6 Å². The molecule has 3 nitrogen and oxygen atoms in total. The van der Waals surface area contributed by atoms with Crippen LogP contribution >= 0.6 is 11.3 Å². The number of carboxylic acids is 1. The van der Waals surface area contributed by atoms with Gasteiger partial charge < -0.3 is 5.11 Å². The Balaban J connectivity index is 2.16. The van der Waals surface area contributed by atoms with E-state index in [1.165, 1.54) is 36.4 Å². The largest absolute Gasteiger partial charge is 0.476 e. The fourth-order valence-corrected chi connectivity index (χ4v) is 3.08. The molecule has 0 radical (unpaired) electrons. The summed E-state index contributed by atoms with van der Waals surface area (Å²) < 4.78 is 26.7. The molecular weight excluding hydrogens is 308 g/mol. The van der Waals surface area contributed by atoms with Crippen LogP contribution in [0, 0.1) is 11.6 Å². The highest BCUT2D eigenvalue weighted by Crippen LogP contribution is 2.35. The maximum absolute atomic E-state index is 13.4. The Morgan fingerprint density at radius 3 is 2.18 bits per heavy atom. The van der Waals surface area contributed by atoms with E-state index < -0.39 is 17.6 Å². The predicted molar refractivity (Wildman–Crippen MR) is 79.9 cm³/mol. The average molecular weight is 317 g/mol. The summed E-state index contributed by atoms with van der Waals surface area (Å²) >= 11 is 1.09. The van der Waals surface area contributed by atoms with Gasteiger partial charge >= 0.3 is 5.97 Å². The quantitative estimate of drug-likeness (QED) is 0.776. The minimum Gasteiger partial charge on any atom is -0.476 e. The molecule has 1 heterocycles. The number of aromatic carboxylic acids is 1. The van der Waals surface area contributed by atoms with Crippen LogP contribution in [0.5, 0.6) is 0 Å². The minimum absolute atomic E-state index is 0.171. The number of benzene rings is 2. The Labute approximate surface area is 128 Å². The molecule has 0 saturated heterocycles. The summed E-state index contributed by atoms with van der Waals surface area (Å²) in [6.07, 6.45) is 0. The molecule has 6 heteroatoms. The van der Waals surface area contributed by atoms with Gasteiger partial charge in [-0.2, -0.15) is 0 Å². The number of rotatable bonds is 3. The van der Waals surface area contributed by atoms with Crippen LogP contribution in [0.15, 0.2) is 48.5 Å². The molecule has 0 spiro atoms. The summed E-state index contributed by atoms with van der Waals surface area (Å²) in [5.41, 5.74) is 0.738. The highest BCUT2D eigenvalue weighted by molar-refractivity contribution is 7.18. The Morgan fingerprint density at radius 2 is 1.59 bits per heavy atom. The van der Waals surface area contributed by atoms with E-state index in [4.69, 9.17) is 0 Å². The van der Waals surface area contributed by atoms with Crippen molar-refractivity contribution in [1.29, 1.82) is 0 Å². The molecule has 0 fully saturated rings. The van der Waals surface area contributed by atoms with Gasteiger partial charge in [0, 0.05) is 5.56 Å². The van der Waals surface area contributed by atoms with Crippen molar-refractivity contribution in [2.24, 2.45) is 0 Å². The van der Waals surface area contributed by atoms with Gasteiger partial charge in [-0.3, -0.25) is 0 Å². The lowest BCUT2D eigenvalue weighted by molar-refractivity contribution is 0.0692. The van der Waals surface area contributed by atoms with Crippen LogP contribution in [-0.4, -0.2) is 16.1 Å². The topological polar surface area (TPSA) is 50.2 Å². The highest BCUT2D eigenvalue weighted by atomic mass is 32.1. The van der Waals surface area contributed by atoms with Crippen LogP contribution in [-0.2, 0) is 0 Å². The van der Waals surface area contributed by atoms with Crippen molar-refractivity contribution in [2.45, 2.75) is 0 Å². The van der Waals surface area contributed by atoms with Gasteiger partial charge in [0.15, 0.2) is 5.69 Å². The number of carbonyl (C=O) groups is 1. The lowest BCUT2D eigenvalue weighted by Gasteiger charge is -1.98. The van der Waals surface area contributed by atoms with Gasteiger partial charge in [0.1, 0.15) is 16.6 Å². The second-order valence-electron chi connectivity index (χ2n) is 4.52. The van der Waals surface area contributed by atoms with Gasteiger partial charge in [-0.15, -0.1) is 11.3 Å². The maximum Gasteiger partial charge on any atom is 0.356 e. The Bertz CT molecular complexity index is 861. The normalized spacial score (nSPS) is 10.6. The molecule has 0 atom stereocenters.